The van der Waals surface area contributed by atoms with Gasteiger partial charge in [0.2, 0.25) is 0 Å². The molecule has 1 N–H and O–H groups in total. The van der Waals surface area contributed by atoms with Gasteiger partial charge in [0.1, 0.15) is 0 Å². The predicted molar refractivity (Wildman–Crippen MR) is 56.2 cm³/mol. The van der Waals surface area contributed by atoms with Crippen LogP contribution in [0.3, 0.4) is 0 Å². The Morgan fingerprint density at radius 1 is 1.54 bits per heavy atom. The first-order valence-electron chi connectivity index (χ1n) is 4.52. The Bertz CT molecular complexity index is 273. The van der Waals surface area contributed by atoms with Gasteiger partial charge in [-0.05, 0) is 6.92 Å². The summed E-state index contributed by atoms with van der Waals surface area (Å²) in [6, 6.07) is 0. The smallest absolute Gasteiger partial charge is 0.0954 e. The zero-order valence-corrected chi connectivity index (χ0v) is 9.48. The van der Waals surface area contributed by atoms with Crippen LogP contribution in [0.25, 0.3) is 0 Å². The highest BCUT2D eigenvalue weighted by atomic mass is 32.1. The summed E-state index contributed by atoms with van der Waals surface area (Å²) < 4.78 is 0. The number of hydrogen-bond acceptors (Lipinski definition) is 3. The minimum atomic E-state index is -0.293. The first kappa shape index (κ1) is 10.7. The quantitative estimate of drug-likeness (QED) is 0.793. The third kappa shape index (κ3) is 3.08. The van der Waals surface area contributed by atoms with Gasteiger partial charge < -0.3 is 5.11 Å². The maximum Gasteiger partial charge on any atom is 0.0954 e. The van der Waals surface area contributed by atoms with Crippen molar-refractivity contribution < 1.29 is 5.11 Å². The number of aliphatic hydroxyl groups excluding tert-OH is 1. The SMILES string of the molecule is CC(O)Cc1nc(C(C)(C)C)cs1. The van der Waals surface area contributed by atoms with Crippen LogP contribution in [-0.2, 0) is 11.8 Å². The van der Waals surface area contributed by atoms with Crippen molar-refractivity contribution in [2.75, 3.05) is 0 Å². The summed E-state index contributed by atoms with van der Waals surface area (Å²) in [5, 5.41) is 12.3. The van der Waals surface area contributed by atoms with Gasteiger partial charge >= 0.3 is 0 Å². The van der Waals surface area contributed by atoms with Crippen molar-refractivity contribution in [1.82, 2.24) is 4.98 Å². The Balaban J connectivity index is 2.75. The maximum absolute atomic E-state index is 9.18. The highest BCUT2D eigenvalue weighted by molar-refractivity contribution is 7.09. The first-order chi connectivity index (χ1) is 5.89. The molecule has 1 aromatic rings. The standard InChI is InChI=1S/C10H17NOS/c1-7(12)5-9-11-8(6-13-9)10(2,3)4/h6-7,12H,5H2,1-4H3. The van der Waals surface area contributed by atoms with Crippen molar-refractivity contribution in [3.63, 3.8) is 0 Å². The van der Waals surface area contributed by atoms with E-state index in [-0.39, 0.29) is 11.5 Å². The lowest BCUT2D eigenvalue weighted by Crippen LogP contribution is -2.12. The topological polar surface area (TPSA) is 33.1 Å². The summed E-state index contributed by atoms with van der Waals surface area (Å²) in [6.45, 7) is 8.23. The molecular formula is C10H17NOS. The largest absolute Gasteiger partial charge is 0.393 e. The Morgan fingerprint density at radius 2 is 2.15 bits per heavy atom. The van der Waals surface area contributed by atoms with E-state index >= 15 is 0 Å². The first-order valence-corrected chi connectivity index (χ1v) is 5.40. The van der Waals surface area contributed by atoms with Crippen LogP contribution >= 0.6 is 11.3 Å². The van der Waals surface area contributed by atoms with Crippen LogP contribution in [0, 0.1) is 0 Å². The van der Waals surface area contributed by atoms with Crippen LogP contribution in [0.2, 0.25) is 0 Å². The van der Waals surface area contributed by atoms with Gasteiger partial charge in [-0.15, -0.1) is 11.3 Å². The monoisotopic (exact) mass is 199 g/mol. The van der Waals surface area contributed by atoms with Crippen LogP contribution in [0.4, 0.5) is 0 Å². The van der Waals surface area contributed by atoms with E-state index in [9.17, 15) is 5.11 Å². The second-order valence-electron chi connectivity index (χ2n) is 4.43. The predicted octanol–water partition coefficient (Wildman–Crippen LogP) is 2.36. The normalized spacial score (nSPS) is 14.5. The van der Waals surface area contributed by atoms with Crippen molar-refractivity contribution in [2.45, 2.75) is 45.6 Å². The molecule has 0 radical (unpaired) electrons. The fourth-order valence-electron chi connectivity index (χ4n) is 1.00. The van der Waals surface area contributed by atoms with Crippen molar-refractivity contribution in [3.8, 4) is 0 Å². The molecule has 74 valence electrons. The minimum Gasteiger partial charge on any atom is -0.393 e. The van der Waals surface area contributed by atoms with Crippen LogP contribution < -0.4 is 0 Å². The lowest BCUT2D eigenvalue weighted by Gasteiger charge is -2.14. The summed E-state index contributed by atoms with van der Waals surface area (Å²) in [5.41, 5.74) is 1.24. The molecule has 0 aromatic carbocycles. The lowest BCUT2D eigenvalue weighted by molar-refractivity contribution is 0.195. The molecule has 0 saturated heterocycles. The molecule has 1 heterocycles. The molecule has 13 heavy (non-hydrogen) atoms. The number of hydrogen-bond donors (Lipinski definition) is 1. The molecule has 0 aliphatic carbocycles. The van der Waals surface area contributed by atoms with Crippen molar-refractivity contribution in [2.24, 2.45) is 0 Å². The Labute approximate surface area is 83.6 Å². The number of aromatic nitrogens is 1. The molecule has 3 heteroatoms. The molecule has 0 saturated carbocycles. The van der Waals surface area contributed by atoms with Gasteiger partial charge in [0.15, 0.2) is 0 Å². The number of aliphatic hydroxyl groups is 1. The molecule has 1 rings (SSSR count). The summed E-state index contributed by atoms with van der Waals surface area (Å²) in [6.07, 6.45) is 0.375. The highest BCUT2D eigenvalue weighted by Gasteiger charge is 2.17. The lowest BCUT2D eigenvalue weighted by atomic mass is 9.93. The van der Waals surface area contributed by atoms with E-state index in [4.69, 9.17) is 0 Å². The molecule has 0 fully saturated rings. The fraction of sp³-hybridized carbons (Fsp3) is 0.700. The molecule has 1 atom stereocenters. The van der Waals surface area contributed by atoms with Crippen molar-refractivity contribution in [1.29, 1.82) is 0 Å². The Morgan fingerprint density at radius 3 is 2.54 bits per heavy atom. The van der Waals surface area contributed by atoms with Crippen LogP contribution in [0.5, 0.6) is 0 Å². The second kappa shape index (κ2) is 3.76. The van der Waals surface area contributed by atoms with Gasteiger partial charge in [-0.25, -0.2) is 4.98 Å². The average Bonchev–Trinajstić information content (AvgIpc) is 2.32. The molecule has 0 aliphatic heterocycles. The molecule has 0 amide bonds. The zero-order valence-electron chi connectivity index (χ0n) is 8.66. The van der Waals surface area contributed by atoms with Crippen LogP contribution in [-0.4, -0.2) is 16.2 Å². The maximum atomic E-state index is 9.18. The van der Waals surface area contributed by atoms with E-state index in [1.807, 2.05) is 0 Å². The second-order valence-corrected chi connectivity index (χ2v) is 5.37. The van der Waals surface area contributed by atoms with E-state index in [0.29, 0.717) is 6.42 Å². The van der Waals surface area contributed by atoms with Gasteiger partial charge in [0.25, 0.3) is 0 Å². The summed E-state index contributed by atoms with van der Waals surface area (Å²) in [7, 11) is 0. The van der Waals surface area contributed by atoms with Gasteiger partial charge in [-0.3, -0.25) is 0 Å². The molecule has 0 bridgehead atoms. The van der Waals surface area contributed by atoms with E-state index in [1.165, 1.54) is 0 Å². The summed E-state index contributed by atoms with van der Waals surface area (Å²) >= 11 is 1.63. The van der Waals surface area contributed by atoms with Gasteiger partial charge in [-0.2, -0.15) is 0 Å². The number of rotatable bonds is 2. The molecule has 0 spiro atoms. The molecular weight excluding hydrogens is 182 g/mol. The van der Waals surface area contributed by atoms with E-state index in [1.54, 1.807) is 18.3 Å². The average molecular weight is 199 g/mol. The van der Waals surface area contributed by atoms with Gasteiger partial charge in [0, 0.05) is 17.2 Å². The van der Waals surface area contributed by atoms with Crippen LogP contribution in [0.1, 0.15) is 38.4 Å². The summed E-state index contributed by atoms with van der Waals surface area (Å²) in [5.74, 6) is 0. The minimum absolute atomic E-state index is 0.118. The highest BCUT2D eigenvalue weighted by Crippen LogP contribution is 2.24. The molecule has 1 aromatic heterocycles. The Hall–Kier alpha value is -0.410. The molecule has 1 unspecified atom stereocenters. The van der Waals surface area contributed by atoms with E-state index < -0.39 is 0 Å². The van der Waals surface area contributed by atoms with Gasteiger partial charge in [-0.1, -0.05) is 20.8 Å². The van der Waals surface area contributed by atoms with Crippen LogP contribution in [0.15, 0.2) is 5.38 Å². The van der Waals surface area contributed by atoms with Crippen molar-refractivity contribution >= 4 is 11.3 Å². The Kier molecular flexibility index (Phi) is 3.09. The van der Waals surface area contributed by atoms with Crippen molar-refractivity contribution in [3.05, 3.63) is 16.1 Å². The van der Waals surface area contributed by atoms with E-state index in [2.05, 4.69) is 31.1 Å². The molecule has 2 nitrogen and oxygen atoms in total. The fourth-order valence-corrected chi connectivity index (χ4v) is 2.14. The summed E-state index contributed by atoms with van der Waals surface area (Å²) in [4.78, 5) is 4.48. The zero-order chi connectivity index (χ0) is 10.1. The third-order valence-electron chi connectivity index (χ3n) is 1.79. The third-order valence-corrected chi connectivity index (χ3v) is 2.66. The van der Waals surface area contributed by atoms with E-state index in [0.717, 1.165) is 10.7 Å². The molecule has 0 aliphatic rings. The van der Waals surface area contributed by atoms with Gasteiger partial charge in [0.05, 0.1) is 16.8 Å². The number of thiazole rings is 1. The number of nitrogens with zero attached hydrogens (tertiary/aromatic N) is 1.